The minimum absolute atomic E-state index is 1.10. The summed E-state index contributed by atoms with van der Waals surface area (Å²) >= 11 is 7.06. The first-order valence-corrected chi connectivity index (χ1v) is 5.65. The molecule has 11 heavy (non-hydrogen) atoms. The van der Waals surface area contributed by atoms with E-state index in [0.717, 1.165) is 10.1 Å². The van der Waals surface area contributed by atoms with Gasteiger partial charge in [0.1, 0.15) is 4.32 Å². The summed E-state index contributed by atoms with van der Waals surface area (Å²) in [5.74, 6) is 1.11. The van der Waals surface area contributed by atoms with Crippen molar-refractivity contribution in [2.75, 3.05) is 18.8 Å². The van der Waals surface area contributed by atoms with E-state index >= 15 is 0 Å². The lowest BCUT2D eigenvalue weighted by atomic mass is 10.1. The summed E-state index contributed by atoms with van der Waals surface area (Å²) in [7, 11) is 0. The van der Waals surface area contributed by atoms with E-state index in [-0.39, 0.29) is 0 Å². The van der Waals surface area contributed by atoms with Gasteiger partial charge in [0.2, 0.25) is 0 Å². The van der Waals surface area contributed by atoms with Crippen molar-refractivity contribution in [3.63, 3.8) is 0 Å². The quantitative estimate of drug-likeness (QED) is 0.584. The van der Waals surface area contributed by atoms with Crippen molar-refractivity contribution in [3.05, 3.63) is 0 Å². The molecule has 0 aromatic carbocycles. The third kappa shape index (κ3) is 2.99. The summed E-state index contributed by atoms with van der Waals surface area (Å²) in [6.07, 6.45) is 4.03. The largest absolute Gasteiger partial charge is 0.358 e. The Kier molecular flexibility index (Phi) is 4.23. The fraction of sp³-hybridized carbons (Fsp3) is 0.875. The monoisotopic (exact) mass is 189 g/mol. The van der Waals surface area contributed by atoms with Crippen LogP contribution in [0.5, 0.6) is 0 Å². The Morgan fingerprint density at radius 1 is 1.36 bits per heavy atom. The number of thiocarbonyl (C=S) groups is 1. The number of thioether (sulfide) groups is 1. The van der Waals surface area contributed by atoms with E-state index in [0.29, 0.717) is 0 Å². The standard InChI is InChI=1S/C8H15NS2/c1-2-11-8(10)9-6-4-3-5-7-9/h2-7H2,1H3. The molecule has 0 aromatic heterocycles. The van der Waals surface area contributed by atoms with Gasteiger partial charge in [0.05, 0.1) is 0 Å². The van der Waals surface area contributed by atoms with Crippen LogP contribution in [0.2, 0.25) is 0 Å². The molecule has 0 bridgehead atoms. The molecule has 3 heteroatoms. The fourth-order valence-electron chi connectivity index (χ4n) is 1.29. The molecule has 1 aliphatic rings. The van der Waals surface area contributed by atoms with Crippen LogP contribution < -0.4 is 0 Å². The average Bonchev–Trinajstić information content (AvgIpc) is 2.07. The average molecular weight is 189 g/mol. The van der Waals surface area contributed by atoms with Crippen LogP contribution in [0.3, 0.4) is 0 Å². The first kappa shape index (κ1) is 9.33. The van der Waals surface area contributed by atoms with E-state index in [9.17, 15) is 0 Å². The van der Waals surface area contributed by atoms with Crippen LogP contribution in [0.4, 0.5) is 0 Å². The third-order valence-corrected chi connectivity index (χ3v) is 3.29. The molecule has 1 rings (SSSR count). The van der Waals surface area contributed by atoms with Crippen LogP contribution in [0, 0.1) is 0 Å². The van der Waals surface area contributed by atoms with Gasteiger partial charge in [-0.05, 0) is 25.0 Å². The molecule has 1 aliphatic heterocycles. The highest BCUT2D eigenvalue weighted by molar-refractivity contribution is 8.22. The van der Waals surface area contributed by atoms with Gasteiger partial charge in [-0.2, -0.15) is 0 Å². The van der Waals surface area contributed by atoms with Gasteiger partial charge >= 0.3 is 0 Å². The van der Waals surface area contributed by atoms with Gasteiger partial charge in [-0.3, -0.25) is 0 Å². The Hall–Kier alpha value is 0.240. The van der Waals surface area contributed by atoms with E-state index in [2.05, 4.69) is 11.8 Å². The fourth-order valence-corrected chi connectivity index (χ4v) is 2.44. The van der Waals surface area contributed by atoms with Crippen LogP contribution in [0.1, 0.15) is 26.2 Å². The van der Waals surface area contributed by atoms with Crippen molar-refractivity contribution in [2.45, 2.75) is 26.2 Å². The predicted molar refractivity (Wildman–Crippen MR) is 56.2 cm³/mol. The lowest BCUT2D eigenvalue weighted by molar-refractivity contribution is 0.352. The molecule has 1 nitrogen and oxygen atoms in total. The highest BCUT2D eigenvalue weighted by Gasteiger charge is 2.12. The molecule has 0 unspecified atom stereocenters. The van der Waals surface area contributed by atoms with Gasteiger partial charge in [0.15, 0.2) is 0 Å². The summed E-state index contributed by atoms with van der Waals surface area (Å²) in [5, 5.41) is 0. The van der Waals surface area contributed by atoms with Crippen LogP contribution in [-0.2, 0) is 0 Å². The number of rotatable bonds is 1. The number of hydrogen-bond acceptors (Lipinski definition) is 2. The van der Waals surface area contributed by atoms with Crippen molar-refractivity contribution in [1.29, 1.82) is 0 Å². The smallest absolute Gasteiger partial charge is 0.136 e. The lowest BCUT2D eigenvalue weighted by Gasteiger charge is -2.28. The second-order valence-corrected chi connectivity index (χ2v) is 4.64. The van der Waals surface area contributed by atoms with E-state index in [1.54, 1.807) is 11.8 Å². The molecule has 1 fully saturated rings. The predicted octanol–water partition coefficient (Wildman–Crippen LogP) is 2.51. The second kappa shape index (κ2) is 4.99. The number of likely N-dealkylation sites (tertiary alicyclic amines) is 1. The number of hydrogen-bond donors (Lipinski definition) is 0. The molecule has 0 aromatic rings. The highest BCUT2D eigenvalue weighted by atomic mass is 32.2. The van der Waals surface area contributed by atoms with Crippen molar-refractivity contribution in [2.24, 2.45) is 0 Å². The second-order valence-electron chi connectivity index (χ2n) is 2.75. The minimum Gasteiger partial charge on any atom is -0.358 e. The summed E-state index contributed by atoms with van der Waals surface area (Å²) < 4.78 is 1.10. The molecular formula is C8H15NS2. The van der Waals surface area contributed by atoms with Gasteiger partial charge in [-0.15, -0.1) is 0 Å². The van der Waals surface area contributed by atoms with E-state index in [1.807, 2.05) is 0 Å². The summed E-state index contributed by atoms with van der Waals surface area (Å²) in [5.41, 5.74) is 0. The van der Waals surface area contributed by atoms with Crippen molar-refractivity contribution in [3.8, 4) is 0 Å². The summed E-state index contributed by atoms with van der Waals surface area (Å²) in [6, 6.07) is 0. The molecule has 0 amide bonds. The van der Waals surface area contributed by atoms with E-state index < -0.39 is 0 Å². The Morgan fingerprint density at radius 2 is 2.00 bits per heavy atom. The van der Waals surface area contributed by atoms with Gasteiger partial charge in [0.25, 0.3) is 0 Å². The topological polar surface area (TPSA) is 3.24 Å². The Labute approximate surface area is 78.5 Å². The summed E-state index contributed by atoms with van der Waals surface area (Å²) in [6.45, 7) is 4.53. The third-order valence-electron chi connectivity index (χ3n) is 1.88. The highest BCUT2D eigenvalue weighted by Crippen LogP contribution is 2.15. The zero-order valence-electron chi connectivity index (χ0n) is 7.01. The first-order valence-electron chi connectivity index (χ1n) is 4.26. The number of piperidine rings is 1. The van der Waals surface area contributed by atoms with E-state index in [1.165, 1.54) is 32.4 Å². The maximum atomic E-state index is 5.26. The van der Waals surface area contributed by atoms with Crippen LogP contribution in [-0.4, -0.2) is 28.1 Å². The van der Waals surface area contributed by atoms with Gasteiger partial charge in [-0.1, -0.05) is 30.9 Å². The molecule has 0 spiro atoms. The van der Waals surface area contributed by atoms with Crippen LogP contribution in [0.15, 0.2) is 0 Å². The van der Waals surface area contributed by atoms with Gasteiger partial charge < -0.3 is 4.90 Å². The van der Waals surface area contributed by atoms with Crippen LogP contribution in [0.25, 0.3) is 0 Å². The minimum atomic E-state index is 1.10. The molecule has 0 aliphatic carbocycles. The molecule has 1 heterocycles. The zero-order valence-corrected chi connectivity index (χ0v) is 8.64. The first-order chi connectivity index (χ1) is 5.34. The zero-order chi connectivity index (χ0) is 8.10. The molecule has 0 N–H and O–H groups in total. The molecule has 0 saturated carbocycles. The maximum Gasteiger partial charge on any atom is 0.136 e. The van der Waals surface area contributed by atoms with Crippen LogP contribution >= 0.6 is 24.0 Å². The molecule has 64 valence electrons. The summed E-state index contributed by atoms with van der Waals surface area (Å²) in [4.78, 5) is 2.34. The van der Waals surface area contributed by atoms with Crippen molar-refractivity contribution < 1.29 is 0 Å². The van der Waals surface area contributed by atoms with Gasteiger partial charge in [0, 0.05) is 13.1 Å². The SMILES string of the molecule is CCSC(=S)N1CCCCC1. The van der Waals surface area contributed by atoms with Crippen molar-refractivity contribution >= 4 is 28.3 Å². The Bertz CT molecular complexity index is 130. The Morgan fingerprint density at radius 3 is 2.55 bits per heavy atom. The van der Waals surface area contributed by atoms with E-state index in [4.69, 9.17) is 12.2 Å². The Balaban J connectivity index is 2.27. The van der Waals surface area contributed by atoms with Crippen molar-refractivity contribution in [1.82, 2.24) is 4.90 Å². The molecule has 0 radical (unpaired) electrons. The maximum absolute atomic E-state index is 5.26. The van der Waals surface area contributed by atoms with Gasteiger partial charge in [-0.25, -0.2) is 0 Å². The molecule has 1 saturated heterocycles. The lowest BCUT2D eigenvalue weighted by Crippen LogP contribution is -2.32. The normalized spacial score (nSPS) is 18.5. The molecule has 0 atom stereocenters. The number of nitrogens with zero attached hydrogens (tertiary/aromatic N) is 1. The molecular weight excluding hydrogens is 174 g/mol.